The molecule has 1 aliphatic rings. The monoisotopic (exact) mass is 469 g/mol. The zero-order chi connectivity index (χ0) is 24.5. The lowest BCUT2D eigenvalue weighted by Gasteiger charge is -2.21. The summed E-state index contributed by atoms with van der Waals surface area (Å²) in [6, 6.07) is 9.79. The summed E-state index contributed by atoms with van der Waals surface area (Å²) in [5.74, 6) is 0.577. The number of rotatable bonds is 6. The first-order chi connectivity index (χ1) is 16.9. The smallest absolute Gasteiger partial charge is 0.276 e. The molecule has 0 spiro atoms. The number of carbonyl (C=O) groups is 1. The van der Waals surface area contributed by atoms with E-state index in [1.54, 1.807) is 23.4 Å². The van der Waals surface area contributed by atoms with Crippen LogP contribution in [0.25, 0.3) is 22.4 Å². The second kappa shape index (κ2) is 9.54. The van der Waals surface area contributed by atoms with E-state index in [-0.39, 0.29) is 5.91 Å². The van der Waals surface area contributed by atoms with Crippen LogP contribution in [-0.2, 0) is 6.54 Å². The molecular formula is C27H31N7O. The van der Waals surface area contributed by atoms with E-state index in [9.17, 15) is 4.79 Å². The molecule has 1 fully saturated rings. The number of carbonyl (C=O) groups excluding carboxylic acids is 1. The molecule has 4 aromatic rings. The molecule has 35 heavy (non-hydrogen) atoms. The highest BCUT2D eigenvalue weighted by Gasteiger charge is 2.21. The lowest BCUT2D eigenvalue weighted by atomic mass is 10.1. The molecule has 0 bridgehead atoms. The number of aromatic nitrogens is 5. The largest absolute Gasteiger partial charge is 0.310 e. The highest BCUT2D eigenvalue weighted by atomic mass is 16.2. The number of aryl methyl sites for hydroxylation is 3. The minimum absolute atomic E-state index is 0.0706. The molecule has 1 saturated heterocycles. The number of hydrogen-bond acceptors (Lipinski definition) is 6. The number of fused-ring (bicyclic) bond motifs is 1. The van der Waals surface area contributed by atoms with E-state index in [1.807, 2.05) is 56.8 Å². The van der Waals surface area contributed by atoms with Gasteiger partial charge >= 0.3 is 0 Å². The summed E-state index contributed by atoms with van der Waals surface area (Å²) in [6.07, 6.45) is 5.99. The normalized spacial score (nSPS) is 14.1. The van der Waals surface area contributed by atoms with E-state index >= 15 is 0 Å². The van der Waals surface area contributed by atoms with Crippen LogP contribution in [0.15, 0.2) is 42.7 Å². The second-order valence-corrected chi connectivity index (χ2v) is 9.36. The second-order valence-electron chi connectivity index (χ2n) is 9.36. The molecule has 0 atom stereocenters. The average molecular weight is 470 g/mol. The van der Waals surface area contributed by atoms with Gasteiger partial charge in [-0.2, -0.15) is 5.10 Å². The Balaban J connectivity index is 1.36. The number of anilines is 1. The van der Waals surface area contributed by atoms with Crippen molar-refractivity contribution in [1.82, 2.24) is 29.6 Å². The van der Waals surface area contributed by atoms with Gasteiger partial charge in [0.2, 0.25) is 0 Å². The number of likely N-dealkylation sites (tertiary alicyclic amines) is 1. The van der Waals surface area contributed by atoms with Crippen molar-refractivity contribution in [2.24, 2.45) is 0 Å². The van der Waals surface area contributed by atoms with Gasteiger partial charge in [-0.05, 0) is 88.2 Å². The summed E-state index contributed by atoms with van der Waals surface area (Å²) in [5.41, 5.74) is 7.02. The van der Waals surface area contributed by atoms with Gasteiger partial charge < -0.3 is 9.80 Å². The number of nitrogens with zero attached hydrogens (tertiary/aromatic N) is 7. The molecule has 180 valence electrons. The Morgan fingerprint density at radius 2 is 1.80 bits per heavy atom. The Bertz CT molecular complexity index is 1390. The average Bonchev–Trinajstić information content (AvgIpc) is 3.53. The van der Waals surface area contributed by atoms with E-state index in [0.717, 1.165) is 58.7 Å². The Morgan fingerprint density at radius 3 is 2.57 bits per heavy atom. The summed E-state index contributed by atoms with van der Waals surface area (Å²) in [7, 11) is 1.81. The quantitative estimate of drug-likeness (QED) is 0.421. The Kier molecular flexibility index (Phi) is 6.30. The van der Waals surface area contributed by atoms with Crippen molar-refractivity contribution < 1.29 is 4.79 Å². The van der Waals surface area contributed by atoms with Crippen molar-refractivity contribution >= 4 is 22.6 Å². The van der Waals surface area contributed by atoms with Gasteiger partial charge in [-0.25, -0.2) is 15.0 Å². The predicted octanol–water partition coefficient (Wildman–Crippen LogP) is 4.19. The van der Waals surface area contributed by atoms with Gasteiger partial charge in [0.05, 0.1) is 18.3 Å². The summed E-state index contributed by atoms with van der Waals surface area (Å²) < 4.78 is 1.82. The fourth-order valence-corrected chi connectivity index (χ4v) is 4.88. The maximum atomic E-state index is 13.4. The van der Waals surface area contributed by atoms with Crippen molar-refractivity contribution in [3.63, 3.8) is 0 Å². The van der Waals surface area contributed by atoms with Gasteiger partial charge in [-0.1, -0.05) is 0 Å². The van der Waals surface area contributed by atoms with Gasteiger partial charge in [-0.15, -0.1) is 0 Å². The molecule has 5 rings (SSSR count). The summed E-state index contributed by atoms with van der Waals surface area (Å²) in [5, 5.41) is 4.41. The molecule has 1 aliphatic heterocycles. The molecule has 0 aliphatic carbocycles. The van der Waals surface area contributed by atoms with E-state index in [4.69, 9.17) is 4.98 Å². The zero-order valence-electron chi connectivity index (χ0n) is 20.8. The third-order valence-corrected chi connectivity index (χ3v) is 6.75. The van der Waals surface area contributed by atoms with Crippen molar-refractivity contribution in [2.45, 2.75) is 40.2 Å². The minimum Gasteiger partial charge on any atom is -0.310 e. The lowest BCUT2D eigenvalue weighted by Crippen LogP contribution is -2.31. The number of amides is 1. The lowest BCUT2D eigenvalue weighted by molar-refractivity contribution is 0.0981. The SMILES string of the molecule is Cc1cc(C)c2nc(-c3ccc(N(C)C(=O)c4ccnn4CCN4CCCC4)c(C)c3)ncc2n1. The third kappa shape index (κ3) is 4.66. The predicted molar refractivity (Wildman–Crippen MR) is 138 cm³/mol. The van der Waals surface area contributed by atoms with Crippen molar-refractivity contribution in [2.75, 3.05) is 31.6 Å². The Labute approximate surface area is 205 Å². The molecule has 8 nitrogen and oxygen atoms in total. The molecule has 0 saturated carbocycles. The Hall–Kier alpha value is -3.65. The van der Waals surface area contributed by atoms with Crippen molar-refractivity contribution in [3.8, 4) is 11.4 Å². The summed E-state index contributed by atoms with van der Waals surface area (Å²) in [6.45, 7) is 9.91. The molecule has 1 aromatic carbocycles. The van der Waals surface area contributed by atoms with Crippen LogP contribution in [0.3, 0.4) is 0 Å². The molecule has 4 heterocycles. The number of benzene rings is 1. The van der Waals surface area contributed by atoms with Crippen LogP contribution in [0.4, 0.5) is 5.69 Å². The van der Waals surface area contributed by atoms with Crippen LogP contribution in [0.5, 0.6) is 0 Å². The zero-order valence-corrected chi connectivity index (χ0v) is 20.8. The van der Waals surface area contributed by atoms with Crippen LogP contribution in [0.1, 0.15) is 40.2 Å². The van der Waals surface area contributed by atoms with Crippen LogP contribution >= 0.6 is 0 Å². The van der Waals surface area contributed by atoms with E-state index in [1.165, 1.54) is 12.8 Å². The summed E-state index contributed by atoms with van der Waals surface area (Å²) >= 11 is 0. The first kappa shape index (κ1) is 23.1. The number of pyridine rings is 1. The standard InChI is InChI=1S/C27H31N7O/c1-18-16-21(26-28-17-22-25(31-26)19(2)15-20(3)30-22)7-8-23(18)32(4)27(35)24-9-10-29-34(24)14-13-33-11-5-6-12-33/h7-10,15-17H,5-6,11-14H2,1-4H3. The molecular weight excluding hydrogens is 438 g/mol. The fourth-order valence-electron chi connectivity index (χ4n) is 4.88. The molecule has 3 aromatic heterocycles. The molecule has 0 N–H and O–H groups in total. The van der Waals surface area contributed by atoms with E-state index in [2.05, 4.69) is 20.0 Å². The van der Waals surface area contributed by atoms with Gasteiger partial charge in [-0.3, -0.25) is 9.48 Å². The highest BCUT2D eigenvalue weighted by Crippen LogP contribution is 2.27. The first-order valence-electron chi connectivity index (χ1n) is 12.1. The molecule has 0 unspecified atom stereocenters. The van der Waals surface area contributed by atoms with E-state index in [0.29, 0.717) is 18.1 Å². The minimum atomic E-state index is -0.0706. The maximum absolute atomic E-state index is 13.4. The van der Waals surface area contributed by atoms with E-state index < -0.39 is 0 Å². The van der Waals surface area contributed by atoms with Crippen LogP contribution in [-0.4, -0.2) is 62.2 Å². The van der Waals surface area contributed by atoms with Gasteiger partial charge in [0.15, 0.2) is 5.82 Å². The van der Waals surface area contributed by atoms with Crippen molar-refractivity contribution in [3.05, 3.63) is 65.2 Å². The Morgan fingerprint density at radius 1 is 1.00 bits per heavy atom. The third-order valence-electron chi connectivity index (χ3n) is 6.75. The fraction of sp³-hybridized carbons (Fsp3) is 0.370. The summed E-state index contributed by atoms with van der Waals surface area (Å²) in [4.78, 5) is 31.3. The first-order valence-corrected chi connectivity index (χ1v) is 12.1. The van der Waals surface area contributed by atoms with Crippen LogP contribution in [0, 0.1) is 20.8 Å². The molecule has 8 heteroatoms. The topological polar surface area (TPSA) is 80.0 Å². The van der Waals surface area contributed by atoms with Crippen LogP contribution < -0.4 is 4.90 Å². The van der Waals surface area contributed by atoms with Crippen molar-refractivity contribution in [1.29, 1.82) is 0 Å². The molecule has 0 radical (unpaired) electrons. The maximum Gasteiger partial charge on any atom is 0.276 e. The van der Waals surface area contributed by atoms with Gasteiger partial charge in [0.25, 0.3) is 5.91 Å². The number of hydrogen-bond donors (Lipinski definition) is 0. The van der Waals surface area contributed by atoms with Crippen LogP contribution in [0.2, 0.25) is 0 Å². The molecule has 1 amide bonds. The van der Waals surface area contributed by atoms with Gasteiger partial charge in [0.1, 0.15) is 11.2 Å². The highest BCUT2D eigenvalue weighted by molar-refractivity contribution is 6.05. The van der Waals surface area contributed by atoms with Gasteiger partial charge in [0, 0.05) is 36.7 Å².